The van der Waals surface area contributed by atoms with Crippen molar-refractivity contribution in [3.05, 3.63) is 5.82 Å². The number of hydrogen-bond acceptors (Lipinski definition) is 7. The predicted molar refractivity (Wildman–Crippen MR) is 76.8 cm³/mol. The van der Waals surface area contributed by atoms with Crippen molar-refractivity contribution >= 4 is 13.6 Å². The van der Waals surface area contributed by atoms with Crippen LogP contribution in [0.3, 0.4) is 0 Å². The molecule has 5 N–H and O–H groups in total. The normalized spacial score (nSPS) is 13.0. The van der Waals surface area contributed by atoms with Crippen LogP contribution in [0, 0.1) is 0 Å². The molecule has 1 unspecified atom stereocenters. The maximum Gasteiger partial charge on any atom is 0.325 e. The highest BCUT2D eigenvalue weighted by Crippen LogP contribution is 2.35. The molecular formula is C11H22N5O5P. The first-order valence-electron chi connectivity index (χ1n) is 7.07. The lowest BCUT2D eigenvalue weighted by molar-refractivity contribution is -0.145. The van der Waals surface area contributed by atoms with E-state index in [1.807, 2.05) is 0 Å². The van der Waals surface area contributed by atoms with E-state index in [9.17, 15) is 9.36 Å². The summed E-state index contributed by atoms with van der Waals surface area (Å²) in [6.07, 6.45) is 3.25. The first kappa shape index (κ1) is 18.7. The highest BCUT2D eigenvalue weighted by Gasteiger charge is 2.18. The van der Waals surface area contributed by atoms with Gasteiger partial charge in [0.25, 0.3) is 0 Å². The molecule has 0 aliphatic rings. The number of ether oxygens (including phenoxy) is 1. The standard InChI is InChI=1S/C11H22N5O5P/c12-9(5-4-8-22(18,19)20)11(17)21-7-3-1-2-6-10-13-15-16-14-10/h9H,1-8,12H2,(H2,18,19,20)(H,13,14,15,16). The third-order valence-corrected chi connectivity index (χ3v) is 3.84. The minimum atomic E-state index is -4.03. The fourth-order valence-corrected chi connectivity index (χ4v) is 2.36. The maximum absolute atomic E-state index is 11.5. The molecule has 126 valence electrons. The summed E-state index contributed by atoms with van der Waals surface area (Å²) < 4.78 is 15.7. The Labute approximate surface area is 128 Å². The molecular weight excluding hydrogens is 313 g/mol. The summed E-state index contributed by atoms with van der Waals surface area (Å²) in [6, 6.07) is -0.842. The summed E-state index contributed by atoms with van der Waals surface area (Å²) in [7, 11) is -4.03. The van der Waals surface area contributed by atoms with E-state index < -0.39 is 19.6 Å². The lowest BCUT2D eigenvalue weighted by Gasteiger charge is -2.11. The van der Waals surface area contributed by atoms with Crippen LogP contribution in [0.5, 0.6) is 0 Å². The number of nitrogens with one attached hydrogen (secondary N) is 1. The van der Waals surface area contributed by atoms with Crippen molar-refractivity contribution in [2.75, 3.05) is 12.8 Å². The van der Waals surface area contributed by atoms with Crippen molar-refractivity contribution in [3.8, 4) is 0 Å². The smallest absolute Gasteiger partial charge is 0.325 e. The molecule has 1 aromatic rings. The van der Waals surface area contributed by atoms with Crippen LogP contribution in [0.15, 0.2) is 0 Å². The molecule has 0 saturated heterocycles. The largest absolute Gasteiger partial charge is 0.465 e. The third-order valence-electron chi connectivity index (χ3n) is 2.95. The van der Waals surface area contributed by atoms with Crippen LogP contribution >= 0.6 is 7.60 Å². The van der Waals surface area contributed by atoms with E-state index in [1.165, 1.54) is 0 Å². The maximum atomic E-state index is 11.5. The Bertz CT molecular complexity index is 477. The number of unbranched alkanes of at least 4 members (excludes halogenated alkanes) is 2. The predicted octanol–water partition coefficient (Wildman–Crippen LogP) is -0.259. The Hall–Kier alpha value is -1.35. The van der Waals surface area contributed by atoms with E-state index in [4.69, 9.17) is 20.3 Å². The molecule has 1 aromatic heterocycles. The van der Waals surface area contributed by atoms with Gasteiger partial charge in [0.1, 0.15) is 6.04 Å². The van der Waals surface area contributed by atoms with Crippen LogP contribution in [0.4, 0.5) is 0 Å². The molecule has 1 rings (SSSR count). The van der Waals surface area contributed by atoms with Crippen LogP contribution in [0.2, 0.25) is 0 Å². The Balaban J connectivity index is 2.01. The van der Waals surface area contributed by atoms with Gasteiger partial charge in [-0.25, -0.2) is 0 Å². The number of carbonyl (C=O) groups excluding carboxylic acids is 1. The van der Waals surface area contributed by atoms with Crippen LogP contribution in [0.25, 0.3) is 0 Å². The third kappa shape index (κ3) is 8.83. The summed E-state index contributed by atoms with van der Waals surface area (Å²) in [4.78, 5) is 28.9. The molecule has 11 heteroatoms. The molecule has 0 aromatic carbocycles. The fourth-order valence-electron chi connectivity index (χ4n) is 1.77. The number of H-pyrrole nitrogens is 1. The average Bonchev–Trinajstić information content (AvgIpc) is 2.94. The van der Waals surface area contributed by atoms with E-state index in [2.05, 4.69) is 20.6 Å². The molecule has 0 fully saturated rings. The van der Waals surface area contributed by atoms with Gasteiger partial charge in [0, 0.05) is 12.6 Å². The van der Waals surface area contributed by atoms with Crippen molar-refractivity contribution in [2.24, 2.45) is 5.73 Å². The SMILES string of the molecule is NC(CCCP(=O)(O)O)C(=O)OCCCCCc1nn[nH]n1. The summed E-state index contributed by atoms with van der Waals surface area (Å²) in [6.45, 7) is 0.275. The van der Waals surface area contributed by atoms with E-state index in [0.29, 0.717) is 18.7 Å². The van der Waals surface area contributed by atoms with Crippen LogP contribution < -0.4 is 5.73 Å². The number of rotatable bonds is 11. The number of aryl methyl sites for hydroxylation is 1. The van der Waals surface area contributed by atoms with Gasteiger partial charge in [-0.05, 0) is 32.1 Å². The molecule has 1 heterocycles. The van der Waals surface area contributed by atoms with Crippen molar-refractivity contribution in [1.82, 2.24) is 20.6 Å². The summed E-state index contributed by atoms with van der Waals surface area (Å²) in [5.74, 6) is 0.118. The zero-order chi connectivity index (χ0) is 16.4. The Kier molecular flexibility index (Phi) is 8.18. The van der Waals surface area contributed by atoms with E-state index in [0.717, 1.165) is 12.8 Å². The lowest BCUT2D eigenvalue weighted by atomic mass is 10.2. The molecule has 1 atom stereocenters. The number of aromatic amines is 1. The number of nitrogens with two attached hydrogens (primary N) is 1. The first-order valence-corrected chi connectivity index (χ1v) is 8.87. The second kappa shape index (κ2) is 9.62. The minimum Gasteiger partial charge on any atom is -0.465 e. The van der Waals surface area contributed by atoms with E-state index in [1.54, 1.807) is 0 Å². The number of tetrazole rings is 1. The molecule has 0 spiro atoms. The quantitative estimate of drug-likeness (QED) is 0.242. The summed E-state index contributed by atoms with van der Waals surface area (Å²) >= 11 is 0. The monoisotopic (exact) mass is 335 g/mol. The molecule has 0 aliphatic heterocycles. The van der Waals surface area contributed by atoms with Crippen molar-refractivity contribution in [3.63, 3.8) is 0 Å². The number of carbonyl (C=O) groups is 1. The van der Waals surface area contributed by atoms with Crippen LogP contribution in [0.1, 0.15) is 37.9 Å². The van der Waals surface area contributed by atoms with Crippen LogP contribution in [-0.2, 0) is 20.5 Å². The van der Waals surface area contributed by atoms with Gasteiger partial charge >= 0.3 is 13.6 Å². The lowest BCUT2D eigenvalue weighted by Crippen LogP contribution is -2.32. The van der Waals surface area contributed by atoms with Crippen molar-refractivity contribution in [2.45, 2.75) is 44.6 Å². The van der Waals surface area contributed by atoms with Gasteiger partial charge in [0.05, 0.1) is 6.61 Å². The molecule has 10 nitrogen and oxygen atoms in total. The zero-order valence-corrected chi connectivity index (χ0v) is 13.1. The Morgan fingerprint density at radius 1 is 1.32 bits per heavy atom. The van der Waals surface area contributed by atoms with Gasteiger partial charge in [-0.1, -0.05) is 5.21 Å². The van der Waals surface area contributed by atoms with Crippen molar-refractivity contribution in [1.29, 1.82) is 0 Å². The van der Waals surface area contributed by atoms with Gasteiger partial charge < -0.3 is 20.3 Å². The van der Waals surface area contributed by atoms with E-state index in [-0.39, 0.29) is 25.6 Å². The van der Waals surface area contributed by atoms with Gasteiger partial charge in [-0.2, -0.15) is 5.21 Å². The highest BCUT2D eigenvalue weighted by molar-refractivity contribution is 7.51. The van der Waals surface area contributed by atoms with Gasteiger partial charge in [-0.3, -0.25) is 9.36 Å². The molecule has 0 saturated carbocycles. The van der Waals surface area contributed by atoms with Gasteiger partial charge in [0.2, 0.25) is 0 Å². The molecule has 22 heavy (non-hydrogen) atoms. The number of hydrogen-bond donors (Lipinski definition) is 4. The second-order valence-corrected chi connectivity index (χ2v) is 6.72. The van der Waals surface area contributed by atoms with Gasteiger partial charge in [0.15, 0.2) is 5.82 Å². The number of aromatic nitrogens is 4. The molecule has 0 radical (unpaired) electrons. The Morgan fingerprint density at radius 3 is 2.73 bits per heavy atom. The first-order chi connectivity index (χ1) is 10.4. The summed E-state index contributed by atoms with van der Waals surface area (Å²) in [5.41, 5.74) is 5.60. The number of nitrogens with zero attached hydrogens (tertiary/aromatic N) is 3. The zero-order valence-electron chi connectivity index (χ0n) is 12.2. The topological polar surface area (TPSA) is 164 Å². The van der Waals surface area contributed by atoms with Crippen LogP contribution in [-0.4, -0.2) is 55.2 Å². The minimum absolute atomic E-state index is 0.186. The van der Waals surface area contributed by atoms with Gasteiger partial charge in [-0.15, -0.1) is 10.2 Å². The highest BCUT2D eigenvalue weighted by atomic mass is 31.2. The molecule has 0 aliphatic carbocycles. The average molecular weight is 335 g/mol. The van der Waals surface area contributed by atoms with Crippen molar-refractivity contribution < 1.29 is 23.9 Å². The fraction of sp³-hybridized carbons (Fsp3) is 0.818. The number of esters is 1. The Morgan fingerprint density at radius 2 is 2.09 bits per heavy atom. The molecule has 0 bridgehead atoms. The second-order valence-electron chi connectivity index (χ2n) is 4.94. The summed E-state index contributed by atoms with van der Waals surface area (Å²) in [5, 5.41) is 13.5. The van der Waals surface area contributed by atoms with E-state index >= 15 is 0 Å². The molecule has 0 amide bonds.